The van der Waals surface area contributed by atoms with Crippen molar-refractivity contribution in [3.63, 3.8) is 0 Å². The van der Waals surface area contributed by atoms with Crippen LogP contribution in [-0.4, -0.2) is 40.7 Å². The highest BCUT2D eigenvalue weighted by Crippen LogP contribution is 2.23. The van der Waals surface area contributed by atoms with Crippen LogP contribution in [0.5, 0.6) is 0 Å². The molecule has 1 fully saturated rings. The Hall–Kier alpha value is -2.21. The molecule has 1 atom stereocenters. The first-order valence-electron chi connectivity index (χ1n) is 8.81. The Bertz CT molecular complexity index is 709. The molecule has 25 heavy (non-hydrogen) atoms. The highest BCUT2D eigenvalue weighted by Gasteiger charge is 2.31. The fourth-order valence-corrected chi connectivity index (χ4v) is 3.03. The Balaban J connectivity index is 1.62. The largest absolute Gasteiger partial charge is 0.377 e. The molecule has 0 unspecified atom stereocenters. The third-order valence-electron chi connectivity index (χ3n) is 4.56. The van der Waals surface area contributed by atoms with Gasteiger partial charge >= 0.3 is 0 Å². The average molecular weight is 343 g/mol. The van der Waals surface area contributed by atoms with Gasteiger partial charge in [0.1, 0.15) is 6.04 Å². The van der Waals surface area contributed by atoms with E-state index in [1.165, 1.54) is 11.1 Å². The number of benzene rings is 1. The monoisotopic (exact) mass is 343 g/mol. The number of amides is 1. The predicted molar refractivity (Wildman–Crippen MR) is 93.2 cm³/mol. The summed E-state index contributed by atoms with van der Waals surface area (Å²) in [7, 11) is 0. The molecular weight excluding hydrogens is 318 g/mol. The minimum atomic E-state index is -0.262. The van der Waals surface area contributed by atoms with Gasteiger partial charge in [-0.2, -0.15) is 4.98 Å². The Morgan fingerprint density at radius 1 is 1.32 bits per heavy atom. The lowest BCUT2D eigenvalue weighted by molar-refractivity contribution is -0.140. The summed E-state index contributed by atoms with van der Waals surface area (Å²) in [5.41, 5.74) is 2.49. The van der Waals surface area contributed by atoms with Gasteiger partial charge in [0, 0.05) is 19.9 Å². The first-order chi connectivity index (χ1) is 12.0. The molecule has 0 radical (unpaired) electrons. The van der Waals surface area contributed by atoms with Crippen LogP contribution in [0.25, 0.3) is 0 Å². The zero-order chi connectivity index (χ0) is 17.8. The summed E-state index contributed by atoms with van der Waals surface area (Å²) in [6, 6.07) is 8.25. The summed E-state index contributed by atoms with van der Waals surface area (Å²) in [4.78, 5) is 18.8. The maximum absolute atomic E-state index is 12.7. The Morgan fingerprint density at radius 2 is 2.08 bits per heavy atom. The van der Waals surface area contributed by atoms with Crippen molar-refractivity contribution in [2.75, 3.05) is 19.8 Å². The summed E-state index contributed by atoms with van der Waals surface area (Å²) in [6.07, 6.45) is 1.20. The lowest BCUT2D eigenvalue weighted by Crippen LogP contribution is -2.44. The molecule has 134 valence electrons. The van der Waals surface area contributed by atoms with Gasteiger partial charge in [0.25, 0.3) is 0 Å². The zero-order valence-corrected chi connectivity index (χ0v) is 15.1. The summed E-state index contributed by atoms with van der Waals surface area (Å²) >= 11 is 0. The molecule has 0 bridgehead atoms. The van der Waals surface area contributed by atoms with Crippen LogP contribution >= 0.6 is 0 Å². The number of hydrogen-bond donors (Lipinski definition) is 0. The van der Waals surface area contributed by atoms with Crippen LogP contribution in [-0.2, 0) is 16.0 Å². The van der Waals surface area contributed by atoms with Crippen LogP contribution in [0.1, 0.15) is 55.1 Å². The summed E-state index contributed by atoms with van der Waals surface area (Å²) in [6.45, 7) is 7.61. The lowest BCUT2D eigenvalue weighted by atomic mass is 10.00. The molecule has 2 aromatic rings. The predicted octanol–water partition coefficient (Wildman–Crippen LogP) is 3.03. The zero-order valence-electron chi connectivity index (χ0n) is 15.1. The van der Waals surface area contributed by atoms with Crippen molar-refractivity contribution < 1.29 is 14.1 Å². The van der Waals surface area contributed by atoms with E-state index < -0.39 is 0 Å². The van der Waals surface area contributed by atoms with E-state index in [0.717, 1.165) is 6.42 Å². The molecular formula is C19H25N3O3. The van der Waals surface area contributed by atoms with Crippen molar-refractivity contribution in [2.24, 2.45) is 0 Å². The molecule has 0 aliphatic carbocycles. The number of morpholine rings is 1. The smallest absolute Gasteiger partial charge is 0.223 e. The van der Waals surface area contributed by atoms with E-state index in [0.29, 0.717) is 43.8 Å². The van der Waals surface area contributed by atoms with Gasteiger partial charge < -0.3 is 14.2 Å². The number of carbonyl (C=O) groups excluding carboxylic acids is 1. The second-order valence-electron chi connectivity index (χ2n) is 6.75. The van der Waals surface area contributed by atoms with Crippen molar-refractivity contribution in [1.82, 2.24) is 15.0 Å². The van der Waals surface area contributed by atoms with Gasteiger partial charge in [-0.05, 0) is 23.5 Å². The average Bonchev–Trinajstić information content (AvgIpc) is 3.06. The second kappa shape index (κ2) is 7.78. The van der Waals surface area contributed by atoms with Crippen LogP contribution in [0.4, 0.5) is 0 Å². The second-order valence-corrected chi connectivity index (χ2v) is 6.75. The third kappa shape index (κ3) is 4.25. The quantitative estimate of drug-likeness (QED) is 0.835. The maximum Gasteiger partial charge on any atom is 0.223 e. The van der Waals surface area contributed by atoms with Gasteiger partial charge in [0.15, 0.2) is 5.82 Å². The highest BCUT2D eigenvalue weighted by atomic mass is 16.5. The van der Waals surface area contributed by atoms with Crippen molar-refractivity contribution in [1.29, 1.82) is 0 Å². The minimum Gasteiger partial charge on any atom is -0.377 e. The fourth-order valence-electron chi connectivity index (χ4n) is 3.03. The molecule has 1 amide bonds. The minimum absolute atomic E-state index is 0.101. The van der Waals surface area contributed by atoms with Crippen molar-refractivity contribution in [3.8, 4) is 0 Å². The van der Waals surface area contributed by atoms with Crippen LogP contribution in [0.3, 0.4) is 0 Å². The molecule has 3 rings (SSSR count). The number of nitrogens with zero attached hydrogens (tertiary/aromatic N) is 3. The van der Waals surface area contributed by atoms with Crippen LogP contribution in [0.2, 0.25) is 0 Å². The van der Waals surface area contributed by atoms with Gasteiger partial charge in [-0.1, -0.05) is 43.3 Å². The van der Waals surface area contributed by atoms with E-state index in [9.17, 15) is 4.79 Å². The normalized spacial score (nSPS) is 17.9. The van der Waals surface area contributed by atoms with Crippen molar-refractivity contribution in [2.45, 2.75) is 45.6 Å². The first kappa shape index (κ1) is 17.6. The van der Waals surface area contributed by atoms with Gasteiger partial charge in [0.05, 0.1) is 13.2 Å². The number of ether oxygens (including phenoxy) is 1. The number of rotatable bonds is 5. The molecule has 0 saturated carbocycles. The van der Waals surface area contributed by atoms with Gasteiger partial charge in [0.2, 0.25) is 11.8 Å². The molecule has 2 heterocycles. The summed E-state index contributed by atoms with van der Waals surface area (Å²) in [5.74, 6) is 1.64. The standard InChI is InChI=1S/C19H25N3O3/c1-13(2)16-7-4-15(5-8-16)6-9-18(23)22-10-11-24-12-17(22)19-20-14(3)25-21-19/h4-5,7-8,13,17H,6,9-12H2,1-3H3/t17-/m0/s1. The van der Waals surface area contributed by atoms with E-state index in [-0.39, 0.29) is 11.9 Å². The lowest BCUT2D eigenvalue weighted by Gasteiger charge is -2.33. The van der Waals surface area contributed by atoms with Crippen LogP contribution in [0, 0.1) is 6.92 Å². The molecule has 1 aromatic carbocycles. The number of carbonyl (C=O) groups is 1. The van der Waals surface area contributed by atoms with E-state index >= 15 is 0 Å². The van der Waals surface area contributed by atoms with Gasteiger partial charge in [-0.15, -0.1) is 0 Å². The molecule has 1 saturated heterocycles. The Labute approximate surface area is 148 Å². The van der Waals surface area contributed by atoms with Crippen molar-refractivity contribution in [3.05, 3.63) is 47.1 Å². The highest BCUT2D eigenvalue weighted by molar-refractivity contribution is 5.77. The molecule has 6 heteroatoms. The van der Waals surface area contributed by atoms with E-state index in [2.05, 4.69) is 48.3 Å². The molecule has 1 aromatic heterocycles. The SMILES string of the molecule is Cc1nc([C@@H]2COCCN2C(=O)CCc2ccc(C(C)C)cc2)no1. The van der Waals surface area contributed by atoms with Crippen LogP contribution in [0.15, 0.2) is 28.8 Å². The number of aromatic nitrogens is 2. The Kier molecular flexibility index (Phi) is 5.48. The molecule has 0 N–H and O–H groups in total. The summed E-state index contributed by atoms with van der Waals surface area (Å²) in [5, 5.41) is 3.96. The maximum atomic E-state index is 12.7. The molecule has 0 spiro atoms. The van der Waals surface area contributed by atoms with E-state index in [1.54, 1.807) is 6.92 Å². The van der Waals surface area contributed by atoms with E-state index in [1.807, 2.05) is 4.90 Å². The number of hydrogen-bond acceptors (Lipinski definition) is 5. The topological polar surface area (TPSA) is 68.5 Å². The molecule has 6 nitrogen and oxygen atoms in total. The number of aryl methyl sites for hydroxylation is 2. The van der Waals surface area contributed by atoms with Crippen LogP contribution < -0.4 is 0 Å². The fraction of sp³-hybridized carbons (Fsp3) is 0.526. The third-order valence-corrected chi connectivity index (χ3v) is 4.56. The first-order valence-corrected chi connectivity index (χ1v) is 8.81. The molecule has 1 aliphatic heterocycles. The van der Waals surface area contributed by atoms with Gasteiger partial charge in [-0.25, -0.2) is 0 Å². The Morgan fingerprint density at radius 3 is 2.72 bits per heavy atom. The van der Waals surface area contributed by atoms with E-state index in [4.69, 9.17) is 9.26 Å². The van der Waals surface area contributed by atoms with Crippen molar-refractivity contribution >= 4 is 5.91 Å². The summed E-state index contributed by atoms with van der Waals surface area (Å²) < 4.78 is 10.6. The molecule has 1 aliphatic rings. The van der Waals surface area contributed by atoms with Gasteiger partial charge in [-0.3, -0.25) is 4.79 Å².